The van der Waals surface area contributed by atoms with Crippen molar-refractivity contribution in [1.82, 2.24) is 15.1 Å². The Morgan fingerprint density at radius 1 is 1.37 bits per heavy atom. The van der Waals surface area contributed by atoms with Crippen LogP contribution >= 0.6 is 11.3 Å². The number of aromatic nitrogens is 2. The molecule has 0 radical (unpaired) electrons. The molecule has 0 saturated heterocycles. The number of likely N-dealkylation sites (N-methyl/N-ethyl adjacent to an activating group) is 1. The molecule has 2 rings (SSSR count). The first-order valence-corrected chi connectivity index (χ1v) is 7.98. The van der Waals surface area contributed by atoms with Gasteiger partial charge in [-0.15, -0.1) is 11.3 Å². The highest BCUT2D eigenvalue weighted by atomic mass is 32.1. The predicted molar refractivity (Wildman–Crippen MR) is 81.7 cm³/mol. The Bertz CT molecular complexity index is 487. The predicted octanol–water partition coefficient (Wildman–Crippen LogP) is 3.42. The van der Waals surface area contributed by atoms with Crippen LogP contribution in [0.3, 0.4) is 0 Å². The van der Waals surface area contributed by atoms with Gasteiger partial charge < -0.3 is 5.32 Å². The molecule has 1 N–H and O–H groups in total. The van der Waals surface area contributed by atoms with Crippen molar-refractivity contribution in [3.63, 3.8) is 0 Å². The maximum atomic E-state index is 4.63. The van der Waals surface area contributed by atoms with Crippen LogP contribution < -0.4 is 5.32 Å². The van der Waals surface area contributed by atoms with E-state index in [4.69, 9.17) is 0 Å². The van der Waals surface area contributed by atoms with Crippen LogP contribution in [0.5, 0.6) is 0 Å². The number of nitrogens with zero attached hydrogens (tertiary/aromatic N) is 2. The van der Waals surface area contributed by atoms with E-state index in [0.717, 1.165) is 25.9 Å². The third-order valence-corrected chi connectivity index (χ3v) is 4.31. The Morgan fingerprint density at radius 2 is 2.21 bits per heavy atom. The van der Waals surface area contributed by atoms with Crippen LogP contribution in [0.15, 0.2) is 23.6 Å². The minimum atomic E-state index is 0.400. The molecule has 3 nitrogen and oxygen atoms in total. The summed E-state index contributed by atoms with van der Waals surface area (Å²) in [5.74, 6) is 0. The molecule has 19 heavy (non-hydrogen) atoms. The summed E-state index contributed by atoms with van der Waals surface area (Å²) in [4.78, 5) is 1.41. The van der Waals surface area contributed by atoms with Crippen molar-refractivity contribution in [2.45, 2.75) is 46.2 Å². The summed E-state index contributed by atoms with van der Waals surface area (Å²) in [5, 5.41) is 10.4. The molecule has 0 fully saturated rings. The normalized spacial score (nSPS) is 12.8. The Labute approximate surface area is 119 Å². The van der Waals surface area contributed by atoms with E-state index in [9.17, 15) is 0 Å². The fraction of sp³-hybridized carbons (Fsp3) is 0.533. The highest BCUT2D eigenvalue weighted by molar-refractivity contribution is 7.10. The van der Waals surface area contributed by atoms with Crippen molar-refractivity contribution in [2.24, 2.45) is 0 Å². The Hall–Kier alpha value is -1.13. The second-order valence-corrected chi connectivity index (χ2v) is 5.61. The highest BCUT2D eigenvalue weighted by Gasteiger charge is 2.15. The molecule has 0 aliphatic carbocycles. The largest absolute Gasteiger partial charge is 0.309 e. The van der Waals surface area contributed by atoms with Gasteiger partial charge in [0.25, 0.3) is 0 Å². The van der Waals surface area contributed by atoms with Crippen LogP contribution in [-0.4, -0.2) is 16.3 Å². The van der Waals surface area contributed by atoms with E-state index in [1.54, 1.807) is 0 Å². The molecule has 0 spiro atoms. The van der Waals surface area contributed by atoms with E-state index in [0.29, 0.717) is 6.04 Å². The summed E-state index contributed by atoms with van der Waals surface area (Å²) in [6, 6.07) is 6.99. The summed E-state index contributed by atoms with van der Waals surface area (Å²) < 4.78 is 2.14. The van der Waals surface area contributed by atoms with Gasteiger partial charge in [0, 0.05) is 29.6 Å². The van der Waals surface area contributed by atoms with E-state index in [2.05, 4.69) is 59.4 Å². The molecule has 104 valence electrons. The first-order valence-electron chi connectivity index (χ1n) is 7.10. The molecule has 0 aromatic carbocycles. The number of rotatable bonds is 7. The lowest BCUT2D eigenvalue weighted by atomic mass is 10.1. The lowest BCUT2D eigenvalue weighted by Gasteiger charge is -2.16. The maximum absolute atomic E-state index is 4.63. The smallest absolute Gasteiger partial charge is 0.0624 e. The Balaban J connectivity index is 2.19. The van der Waals surface area contributed by atoms with E-state index in [-0.39, 0.29) is 0 Å². The molecule has 2 heterocycles. The molecule has 0 aliphatic rings. The molecule has 0 bridgehead atoms. The third kappa shape index (κ3) is 3.45. The number of hydrogen-bond acceptors (Lipinski definition) is 3. The zero-order valence-corrected chi connectivity index (χ0v) is 12.8. The van der Waals surface area contributed by atoms with Gasteiger partial charge in [-0.3, -0.25) is 4.68 Å². The van der Waals surface area contributed by atoms with Crippen LogP contribution in [0.4, 0.5) is 0 Å². The van der Waals surface area contributed by atoms with Crippen LogP contribution in [0.1, 0.15) is 43.1 Å². The third-order valence-electron chi connectivity index (χ3n) is 3.33. The molecule has 0 amide bonds. The van der Waals surface area contributed by atoms with Gasteiger partial charge >= 0.3 is 0 Å². The standard InChI is InChI=1S/C15H23N3S/c1-4-12-10-13(18(6-3)17-12)11-14(16-5-2)15-8-7-9-19-15/h7-10,14,16H,4-6,11H2,1-3H3. The zero-order chi connectivity index (χ0) is 13.7. The van der Waals surface area contributed by atoms with Gasteiger partial charge in [-0.25, -0.2) is 0 Å². The van der Waals surface area contributed by atoms with Crippen molar-refractivity contribution >= 4 is 11.3 Å². The van der Waals surface area contributed by atoms with Crippen molar-refractivity contribution < 1.29 is 0 Å². The molecular weight excluding hydrogens is 254 g/mol. The summed E-state index contributed by atoms with van der Waals surface area (Å²) in [7, 11) is 0. The van der Waals surface area contributed by atoms with Gasteiger partial charge in [-0.05, 0) is 37.4 Å². The van der Waals surface area contributed by atoms with Gasteiger partial charge in [0.2, 0.25) is 0 Å². The SMILES string of the molecule is CCNC(Cc1cc(CC)nn1CC)c1cccs1. The molecule has 0 saturated carbocycles. The van der Waals surface area contributed by atoms with E-state index >= 15 is 0 Å². The second-order valence-electron chi connectivity index (χ2n) is 4.63. The maximum Gasteiger partial charge on any atom is 0.0624 e. The average Bonchev–Trinajstić information content (AvgIpc) is 3.07. The zero-order valence-electron chi connectivity index (χ0n) is 12.0. The minimum Gasteiger partial charge on any atom is -0.309 e. The number of hydrogen-bond donors (Lipinski definition) is 1. The number of thiophene rings is 1. The molecule has 2 aromatic heterocycles. The molecular formula is C15H23N3S. The monoisotopic (exact) mass is 277 g/mol. The van der Waals surface area contributed by atoms with Crippen molar-refractivity contribution in [3.05, 3.63) is 39.8 Å². The minimum absolute atomic E-state index is 0.400. The molecule has 1 atom stereocenters. The van der Waals surface area contributed by atoms with Crippen LogP contribution in [0.25, 0.3) is 0 Å². The number of nitrogens with one attached hydrogen (secondary N) is 1. The van der Waals surface area contributed by atoms with E-state index in [1.165, 1.54) is 16.3 Å². The van der Waals surface area contributed by atoms with Gasteiger partial charge in [-0.2, -0.15) is 5.10 Å². The molecule has 0 aliphatic heterocycles. The second kappa shape index (κ2) is 6.87. The molecule has 2 aromatic rings. The van der Waals surface area contributed by atoms with Crippen molar-refractivity contribution in [2.75, 3.05) is 6.54 Å². The van der Waals surface area contributed by atoms with E-state index in [1.807, 2.05) is 11.3 Å². The fourth-order valence-corrected chi connectivity index (χ4v) is 3.15. The quantitative estimate of drug-likeness (QED) is 0.840. The fourth-order valence-electron chi connectivity index (χ4n) is 2.34. The topological polar surface area (TPSA) is 29.9 Å². The first-order chi connectivity index (χ1) is 9.28. The van der Waals surface area contributed by atoms with Gasteiger partial charge in [0.05, 0.1) is 5.69 Å². The van der Waals surface area contributed by atoms with Crippen LogP contribution in [-0.2, 0) is 19.4 Å². The van der Waals surface area contributed by atoms with Crippen LogP contribution in [0, 0.1) is 0 Å². The summed E-state index contributed by atoms with van der Waals surface area (Å²) >= 11 is 1.82. The Kier molecular flexibility index (Phi) is 5.16. The Morgan fingerprint density at radius 3 is 2.79 bits per heavy atom. The first kappa shape index (κ1) is 14.3. The molecule has 4 heteroatoms. The summed E-state index contributed by atoms with van der Waals surface area (Å²) in [6.45, 7) is 8.41. The summed E-state index contributed by atoms with van der Waals surface area (Å²) in [6.07, 6.45) is 2.01. The lowest BCUT2D eigenvalue weighted by molar-refractivity contribution is 0.522. The van der Waals surface area contributed by atoms with Gasteiger partial charge in [0.1, 0.15) is 0 Å². The van der Waals surface area contributed by atoms with Gasteiger partial charge in [-0.1, -0.05) is 19.9 Å². The van der Waals surface area contributed by atoms with Crippen molar-refractivity contribution in [3.8, 4) is 0 Å². The van der Waals surface area contributed by atoms with Crippen molar-refractivity contribution in [1.29, 1.82) is 0 Å². The van der Waals surface area contributed by atoms with Crippen LogP contribution in [0.2, 0.25) is 0 Å². The highest BCUT2D eigenvalue weighted by Crippen LogP contribution is 2.23. The van der Waals surface area contributed by atoms with Gasteiger partial charge in [0.15, 0.2) is 0 Å². The van der Waals surface area contributed by atoms with E-state index < -0.39 is 0 Å². The lowest BCUT2D eigenvalue weighted by Crippen LogP contribution is -2.23. The number of aryl methyl sites for hydroxylation is 2. The molecule has 1 unspecified atom stereocenters. The summed E-state index contributed by atoms with van der Waals surface area (Å²) in [5.41, 5.74) is 2.52. The average molecular weight is 277 g/mol.